The summed E-state index contributed by atoms with van der Waals surface area (Å²) in [7, 11) is 0. The Morgan fingerprint density at radius 1 is 0.815 bits per heavy atom. The third kappa shape index (κ3) is 4.65. The van der Waals surface area contributed by atoms with Crippen molar-refractivity contribution in [2.45, 2.75) is 31.6 Å². The van der Waals surface area contributed by atoms with Crippen molar-refractivity contribution in [1.29, 1.82) is 0 Å². The highest BCUT2D eigenvalue weighted by Crippen LogP contribution is 2.39. The fraction of sp³-hybridized carbons (Fsp3) is 0.240. The molecule has 3 aromatic carbocycles. The minimum atomic E-state index is -0.738. The molecular formula is C25H26O2. The van der Waals surface area contributed by atoms with Crippen molar-refractivity contribution in [3.05, 3.63) is 108 Å². The lowest BCUT2D eigenvalue weighted by atomic mass is 9.66. The molecule has 0 bridgehead atoms. The van der Waals surface area contributed by atoms with Gasteiger partial charge < -0.3 is 5.11 Å². The third-order valence-corrected chi connectivity index (χ3v) is 5.56. The van der Waals surface area contributed by atoms with Gasteiger partial charge in [0.05, 0.1) is 5.92 Å². The van der Waals surface area contributed by atoms with Crippen LogP contribution in [-0.4, -0.2) is 11.1 Å². The topological polar surface area (TPSA) is 37.3 Å². The lowest BCUT2D eigenvalue weighted by molar-refractivity contribution is -0.144. The van der Waals surface area contributed by atoms with Gasteiger partial charge in [0.2, 0.25) is 0 Å². The van der Waals surface area contributed by atoms with E-state index in [0.29, 0.717) is 6.42 Å². The first-order chi connectivity index (χ1) is 13.1. The lowest BCUT2D eigenvalue weighted by Gasteiger charge is -2.36. The molecule has 2 unspecified atom stereocenters. The number of rotatable bonds is 8. The van der Waals surface area contributed by atoms with E-state index in [-0.39, 0.29) is 0 Å². The molecule has 0 spiro atoms. The quantitative estimate of drug-likeness (QED) is 0.575. The van der Waals surface area contributed by atoms with Gasteiger partial charge in [0.1, 0.15) is 0 Å². The number of aryl methyl sites for hydroxylation is 1. The Balaban J connectivity index is 1.94. The maximum absolute atomic E-state index is 12.3. The molecule has 2 heteroatoms. The summed E-state index contributed by atoms with van der Waals surface area (Å²) >= 11 is 0. The number of benzene rings is 3. The number of carboxylic acids is 1. The van der Waals surface area contributed by atoms with Crippen LogP contribution in [0.5, 0.6) is 0 Å². The summed E-state index contributed by atoms with van der Waals surface area (Å²) in [6.07, 6.45) is 2.16. The molecule has 2 nitrogen and oxygen atoms in total. The Kier molecular flexibility index (Phi) is 6.08. The van der Waals surface area contributed by atoms with Crippen molar-refractivity contribution in [3.8, 4) is 0 Å². The van der Waals surface area contributed by atoms with E-state index in [0.717, 1.165) is 24.0 Å². The minimum absolute atomic E-state index is 0.460. The van der Waals surface area contributed by atoms with Crippen molar-refractivity contribution >= 4 is 5.97 Å². The second-order valence-corrected chi connectivity index (χ2v) is 7.35. The molecule has 3 rings (SSSR count). The average Bonchev–Trinajstić information content (AvgIpc) is 2.72. The molecule has 0 radical (unpaired) electrons. The Morgan fingerprint density at radius 2 is 1.30 bits per heavy atom. The average molecular weight is 358 g/mol. The Labute approximate surface area is 161 Å². The van der Waals surface area contributed by atoms with Crippen LogP contribution >= 0.6 is 0 Å². The van der Waals surface area contributed by atoms with Gasteiger partial charge in [0.15, 0.2) is 0 Å². The number of carboxylic acid groups (broad SMARTS) is 1. The summed E-state index contributed by atoms with van der Waals surface area (Å²) < 4.78 is 0. The SMILES string of the molecule is CC(CCc1ccccc1)(c1ccccc1)C(Cc1ccccc1)C(=O)O. The van der Waals surface area contributed by atoms with Crippen LogP contribution in [0.4, 0.5) is 0 Å². The van der Waals surface area contributed by atoms with Crippen LogP contribution in [0, 0.1) is 5.92 Å². The number of aliphatic carboxylic acids is 1. The van der Waals surface area contributed by atoms with Crippen molar-refractivity contribution in [1.82, 2.24) is 0 Å². The largest absolute Gasteiger partial charge is 0.481 e. The van der Waals surface area contributed by atoms with Gasteiger partial charge in [-0.25, -0.2) is 0 Å². The van der Waals surface area contributed by atoms with Crippen molar-refractivity contribution in [2.75, 3.05) is 0 Å². The molecule has 0 aliphatic heterocycles. The summed E-state index contributed by atoms with van der Waals surface area (Å²) in [5, 5.41) is 10.1. The maximum atomic E-state index is 12.3. The van der Waals surface area contributed by atoms with E-state index in [2.05, 4.69) is 31.2 Å². The van der Waals surface area contributed by atoms with Gasteiger partial charge in [0, 0.05) is 5.41 Å². The second kappa shape index (κ2) is 8.68. The number of hydrogen-bond donors (Lipinski definition) is 1. The Hall–Kier alpha value is -2.87. The minimum Gasteiger partial charge on any atom is -0.481 e. The molecule has 0 fully saturated rings. The van der Waals surface area contributed by atoms with Gasteiger partial charge in [-0.2, -0.15) is 0 Å². The molecule has 138 valence electrons. The highest BCUT2D eigenvalue weighted by Gasteiger charge is 2.40. The van der Waals surface area contributed by atoms with E-state index >= 15 is 0 Å². The molecule has 0 amide bonds. The van der Waals surface area contributed by atoms with Crippen LogP contribution in [0.15, 0.2) is 91.0 Å². The normalized spacial score (nSPS) is 14.3. The summed E-state index contributed by atoms with van der Waals surface area (Å²) in [4.78, 5) is 12.3. The van der Waals surface area contributed by atoms with Crippen molar-refractivity contribution in [3.63, 3.8) is 0 Å². The van der Waals surface area contributed by atoms with Crippen molar-refractivity contribution < 1.29 is 9.90 Å². The first-order valence-corrected chi connectivity index (χ1v) is 9.46. The number of carbonyl (C=O) groups is 1. The Morgan fingerprint density at radius 3 is 1.81 bits per heavy atom. The van der Waals surface area contributed by atoms with Crippen LogP contribution in [0.3, 0.4) is 0 Å². The molecule has 0 saturated carbocycles. The highest BCUT2D eigenvalue weighted by molar-refractivity contribution is 5.73. The molecule has 1 N–H and O–H groups in total. The second-order valence-electron chi connectivity index (χ2n) is 7.35. The first-order valence-electron chi connectivity index (χ1n) is 9.46. The van der Waals surface area contributed by atoms with Crippen LogP contribution in [0.25, 0.3) is 0 Å². The standard InChI is InChI=1S/C25H26O2/c1-25(22-15-9-4-10-16-22,18-17-20-11-5-2-6-12-20)23(24(26)27)19-21-13-7-3-8-14-21/h2-16,23H,17-19H2,1H3,(H,26,27). The number of hydrogen-bond acceptors (Lipinski definition) is 1. The summed E-state index contributed by atoms with van der Waals surface area (Å²) in [5.41, 5.74) is 2.93. The molecule has 0 saturated heterocycles. The molecule has 27 heavy (non-hydrogen) atoms. The van der Waals surface area contributed by atoms with E-state index in [9.17, 15) is 9.90 Å². The molecule has 0 aliphatic rings. The van der Waals surface area contributed by atoms with Gasteiger partial charge in [-0.1, -0.05) is 97.9 Å². The van der Waals surface area contributed by atoms with Crippen LogP contribution in [0.2, 0.25) is 0 Å². The van der Waals surface area contributed by atoms with E-state index < -0.39 is 17.3 Å². The predicted molar refractivity (Wildman–Crippen MR) is 110 cm³/mol. The summed E-state index contributed by atoms with van der Waals surface area (Å²) in [6.45, 7) is 2.10. The fourth-order valence-corrected chi connectivity index (χ4v) is 3.82. The van der Waals surface area contributed by atoms with Crippen LogP contribution in [0.1, 0.15) is 30.0 Å². The summed E-state index contributed by atoms with van der Waals surface area (Å²) in [6, 6.07) is 30.3. The van der Waals surface area contributed by atoms with E-state index in [1.807, 2.05) is 66.7 Å². The zero-order valence-electron chi connectivity index (χ0n) is 15.7. The van der Waals surface area contributed by atoms with Crippen LogP contribution < -0.4 is 0 Å². The first kappa shape index (κ1) is 18.9. The van der Waals surface area contributed by atoms with Crippen molar-refractivity contribution in [2.24, 2.45) is 5.92 Å². The maximum Gasteiger partial charge on any atom is 0.307 e. The molecule has 3 aromatic rings. The lowest BCUT2D eigenvalue weighted by Crippen LogP contribution is -2.39. The van der Waals surface area contributed by atoms with Crippen LogP contribution in [-0.2, 0) is 23.1 Å². The van der Waals surface area contributed by atoms with Gasteiger partial charge >= 0.3 is 5.97 Å². The molecule has 0 aliphatic carbocycles. The van der Waals surface area contributed by atoms with E-state index in [1.165, 1.54) is 5.56 Å². The predicted octanol–water partition coefficient (Wildman–Crippen LogP) is 5.52. The molecule has 0 heterocycles. The third-order valence-electron chi connectivity index (χ3n) is 5.56. The molecular weight excluding hydrogens is 332 g/mol. The van der Waals surface area contributed by atoms with E-state index in [4.69, 9.17) is 0 Å². The zero-order valence-corrected chi connectivity index (χ0v) is 15.7. The molecule has 0 aromatic heterocycles. The van der Waals surface area contributed by atoms with Gasteiger partial charge in [-0.05, 0) is 36.0 Å². The van der Waals surface area contributed by atoms with E-state index in [1.54, 1.807) is 0 Å². The fourth-order valence-electron chi connectivity index (χ4n) is 3.82. The zero-order chi connectivity index (χ0) is 19.1. The smallest absolute Gasteiger partial charge is 0.307 e. The van der Waals surface area contributed by atoms with Gasteiger partial charge in [-0.15, -0.1) is 0 Å². The highest BCUT2D eigenvalue weighted by atomic mass is 16.4. The van der Waals surface area contributed by atoms with Gasteiger partial charge in [-0.3, -0.25) is 4.79 Å². The summed E-state index contributed by atoms with van der Waals surface area (Å²) in [5.74, 6) is -1.23. The Bertz CT molecular complexity index is 843. The monoisotopic (exact) mass is 358 g/mol. The molecule has 2 atom stereocenters. The van der Waals surface area contributed by atoms with Gasteiger partial charge in [0.25, 0.3) is 0 Å².